The number of piperidine rings is 1. The van der Waals surface area contributed by atoms with Gasteiger partial charge >= 0.3 is 0 Å². The Balaban J connectivity index is 0.00000160. The van der Waals surface area contributed by atoms with Gasteiger partial charge in [-0.2, -0.15) is 0 Å². The van der Waals surface area contributed by atoms with Gasteiger partial charge in [-0.25, -0.2) is 0 Å². The molecular weight excluding hydrogens is 460 g/mol. The Hall–Kier alpha value is -0.940. The fourth-order valence-electron chi connectivity index (χ4n) is 4.24. The van der Waals surface area contributed by atoms with E-state index < -0.39 is 0 Å². The number of nitrogens with zero attached hydrogens (tertiary/aromatic N) is 1. The third-order valence-corrected chi connectivity index (χ3v) is 6.49. The van der Waals surface area contributed by atoms with Crippen molar-refractivity contribution in [1.82, 2.24) is 15.2 Å². The van der Waals surface area contributed by atoms with E-state index in [-0.39, 0.29) is 24.8 Å². The van der Waals surface area contributed by atoms with Crippen LogP contribution in [0.5, 0.6) is 0 Å². The summed E-state index contributed by atoms with van der Waals surface area (Å²) in [6.07, 6.45) is 2.53. The first-order valence-electron chi connectivity index (χ1n) is 10.1. The Morgan fingerprint density at radius 3 is 2.53 bits per heavy atom. The molecule has 0 aliphatic carbocycles. The highest BCUT2D eigenvalue weighted by atomic mass is 35.5. The lowest BCUT2D eigenvalue weighted by Gasteiger charge is -2.22. The SMILES string of the molecule is Cc1c(CNCC2CCNCC2)c2ccccc2n1Cc1ccc(Cl)cc1Cl.Cl.Cl. The summed E-state index contributed by atoms with van der Waals surface area (Å²) < 4.78 is 2.37. The van der Waals surface area contributed by atoms with Gasteiger partial charge in [0.2, 0.25) is 0 Å². The molecule has 3 nitrogen and oxygen atoms in total. The molecule has 1 saturated heterocycles. The van der Waals surface area contributed by atoms with Crippen molar-refractivity contribution in [2.45, 2.75) is 32.9 Å². The molecular formula is C23H29Cl4N3. The number of hydrogen-bond donors (Lipinski definition) is 2. The number of rotatable bonds is 6. The monoisotopic (exact) mass is 487 g/mol. The molecule has 1 aromatic heterocycles. The van der Waals surface area contributed by atoms with Gasteiger partial charge in [0.15, 0.2) is 0 Å². The average Bonchev–Trinajstić information content (AvgIpc) is 2.97. The highest BCUT2D eigenvalue weighted by Gasteiger charge is 2.16. The molecule has 164 valence electrons. The zero-order chi connectivity index (χ0) is 19.5. The zero-order valence-electron chi connectivity index (χ0n) is 17.1. The van der Waals surface area contributed by atoms with Gasteiger partial charge in [0.25, 0.3) is 0 Å². The van der Waals surface area contributed by atoms with E-state index >= 15 is 0 Å². The van der Waals surface area contributed by atoms with Gasteiger partial charge < -0.3 is 15.2 Å². The topological polar surface area (TPSA) is 29.0 Å². The highest BCUT2D eigenvalue weighted by Crippen LogP contribution is 2.29. The van der Waals surface area contributed by atoms with Crippen LogP contribution in [-0.2, 0) is 13.1 Å². The van der Waals surface area contributed by atoms with Crippen molar-refractivity contribution in [3.05, 3.63) is 69.3 Å². The first-order chi connectivity index (χ1) is 13.6. The Kier molecular flexibility index (Phi) is 9.80. The molecule has 2 N–H and O–H groups in total. The van der Waals surface area contributed by atoms with E-state index in [0.29, 0.717) is 5.02 Å². The number of benzene rings is 2. The van der Waals surface area contributed by atoms with Crippen molar-refractivity contribution in [2.75, 3.05) is 19.6 Å². The van der Waals surface area contributed by atoms with Crippen molar-refractivity contribution in [2.24, 2.45) is 5.92 Å². The maximum absolute atomic E-state index is 6.44. The molecule has 0 bridgehead atoms. The molecule has 0 radical (unpaired) electrons. The van der Waals surface area contributed by atoms with Crippen LogP contribution in [0.2, 0.25) is 10.0 Å². The minimum Gasteiger partial charge on any atom is -0.340 e. The fourth-order valence-corrected chi connectivity index (χ4v) is 4.71. The van der Waals surface area contributed by atoms with E-state index in [1.165, 1.54) is 35.0 Å². The van der Waals surface area contributed by atoms with Crippen LogP contribution in [0.25, 0.3) is 10.9 Å². The number of halogens is 4. The summed E-state index contributed by atoms with van der Waals surface area (Å²) in [7, 11) is 0. The molecule has 0 spiro atoms. The second kappa shape index (κ2) is 11.6. The third-order valence-electron chi connectivity index (χ3n) is 5.90. The molecule has 0 amide bonds. The van der Waals surface area contributed by atoms with Gasteiger partial charge in [-0.15, -0.1) is 24.8 Å². The average molecular weight is 489 g/mol. The molecule has 2 heterocycles. The molecule has 0 saturated carbocycles. The standard InChI is InChI=1S/C23H27Cl2N3.2ClH/c1-16-21(14-27-13-17-8-10-26-11-9-17)20-4-2-3-5-23(20)28(16)15-18-6-7-19(24)12-22(18)25;;/h2-7,12,17,26-27H,8-11,13-15H2,1H3;2*1H. The van der Waals surface area contributed by atoms with E-state index in [2.05, 4.69) is 46.4 Å². The Labute approximate surface area is 201 Å². The van der Waals surface area contributed by atoms with Crippen LogP contribution in [0, 0.1) is 12.8 Å². The molecule has 1 aliphatic heterocycles. The summed E-state index contributed by atoms with van der Waals surface area (Å²) in [6.45, 7) is 7.24. The van der Waals surface area contributed by atoms with Gasteiger partial charge in [0.05, 0.1) is 0 Å². The maximum Gasteiger partial charge on any atom is 0.0493 e. The largest absolute Gasteiger partial charge is 0.340 e. The van der Waals surface area contributed by atoms with Gasteiger partial charge in [-0.1, -0.05) is 47.5 Å². The van der Waals surface area contributed by atoms with Crippen LogP contribution in [0.4, 0.5) is 0 Å². The summed E-state index contributed by atoms with van der Waals surface area (Å²) in [5, 5.41) is 9.87. The van der Waals surface area contributed by atoms with Crippen LogP contribution in [0.15, 0.2) is 42.5 Å². The van der Waals surface area contributed by atoms with Crippen LogP contribution in [0.3, 0.4) is 0 Å². The fraction of sp³-hybridized carbons (Fsp3) is 0.391. The third kappa shape index (κ3) is 5.64. The van der Waals surface area contributed by atoms with E-state index in [1.54, 1.807) is 0 Å². The molecule has 30 heavy (non-hydrogen) atoms. The normalized spacial score (nSPS) is 14.4. The lowest BCUT2D eigenvalue weighted by atomic mass is 9.98. The van der Waals surface area contributed by atoms with Gasteiger partial charge in [-0.3, -0.25) is 0 Å². The van der Waals surface area contributed by atoms with Crippen LogP contribution in [0.1, 0.15) is 29.7 Å². The van der Waals surface area contributed by atoms with Crippen molar-refractivity contribution in [3.63, 3.8) is 0 Å². The molecule has 2 aromatic carbocycles. The summed E-state index contributed by atoms with van der Waals surface area (Å²) in [4.78, 5) is 0. The predicted molar refractivity (Wildman–Crippen MR) is 134 cm³/mol. The predicted octanol–water partition coefficient (Wildman–Crippen LogP) is 6.24. The van der Waals surface area contributed by atoms with Gasteiger partial charge in [0.1, 0.15) is 0 Å². The van der Waals surface area contributed by atoms with Crippen LogP contribution >= 0.6 is 48.0 Å². The quantitative estimate of drug-likeness (QED) is 0.430. The second-order valence-electron chi connectivity index (χ2n) is 7.73. The number of fused-ring (bicyclic) bond motifs is 1. The molecule has 0 unspecified atom stereocenters. The van der Waals surface area contributed by atoms with Crippen molar-refractivity contribution >= 4 is 58.9 Å². The van der Waals surface area contributed by atoms with E-state index in [4.69, 9.17) is 23.2 Å². The number of para-hydroxylation sites is 1. The smallest absolute Gasteiger partial charge is 0.0493 e. The summed E-state index contributed by atoms with van der Waals surface area (Å²) in [5.41, 5.74) is 5.02. The molecule has 1 fully saturated rings. The lowest BCUT2D eigenvalue weighted by Crippen LogP contribution is -2.33. The van der Waals surface area contributed by atoms with Crippen molar-refractivity contribution in [3.8, 4) is 0 Å². The highest BCUT2D eigenvalue weighted by molar-refractivity contribution is 6.35. The van der Waals surface area contributed by atoms with Gasteiger partial charge in [-0.05, 0) is 74.6 Å². The lowest BCUT2D eigenvalue weighted by molar-refractivity contribution is 0.356. The van der Waals surface area contributed by atoms with E-state index in [1.807, 2.05) is 18.2 Å². The summed E-state index contributed by atoms with van der Waals surface area (Å²) >= 11 is 12.5. The van der Waals surface area contributed by atoms with E-state index in [0.717, 1.165) is 49.2 Å². The number of aromatic nitrogens is 1. The van der Waals surface area contributed by atoms with Gasteiger partial charge in [0, 0.05) is 39.7 Å². The minimum absolute atomic E-state index is 0. The van der Waals surface area contributed by atoms with Crippen LogP contribution in [-0.4, -0.2) is 24.2 Å². The summed E-state index contributed by atoms with van der Waals surface area (Å²) in [6, 6.07) is 14.4. The molecule has 1 aliphatic rings. The number of hydrogen-bond acceptors (Lipinski definition) is 2. The first-order valence-corrected chi connectivity index (χ1v) is 10.8. The number of nitrogens with one attached hydrogen (secondary N) is 2. The Bertz CT molecular complexity index is 964. The van der Waals surface area contributed by atoms with E-state index in [9.17, 15) is 0 Å². The Morgan fingerprint density at radius 1 is 1.07 bits per heavy atom. The Morgan fingerprint density at radius 2 is 1.80 bits per heavy atom. The summed E-state index contributed by atoms with van der Waals surface area (Å²) in [5.74, 6) is 0.780. The minimum atomic E-state index is 0. The molecule has 4 rings (SSSR count). The molecule has 3 aromatic rings. The second-order valence-corrected chi connectivity index (χ2v) is 8.57. The molecule has 7 heteroatoms. The van der Waals surface area contributed by atoms with Crippen LogP contribution < -0.4 is 10.6 Å². The van der Waals surface area contributed by atoms with Crippen molar-refractivity contribution in [1.29, 1.82) is 0 Å². The molecule has 0 atom stereocenters. The van der Waals surface area contributed by atoms with Crippen molar-refractivity contribution < 1.29 is 0 Å². The zero-order valence-corrected chi connectivity index (χ0v) is 20.2. The first kappa shape index (κ1) is 25.3. The maximum atomic E-state index is 6.44.